The predicted octanol–water partition coefficient (Wildman–Crippen LogP) is 5.09. The lowest BCUT2D eigenvalue weighted by Crippen LogP contribution is -2.26. The summed E-state index contributed by atoms with van der Waals surface area (Å²) in [4.78, 5) is 17.9. The van der Waals surface area contributed by atoms with Gasteiger partial charge in [-0.25, -0.2) is 18.6 Å². The number of rotatable bonds is 6. The number of halogens is 2. The highest BCUT2D eigenvalue weighted by molar-refractivity contribution is 6.09. The number of alkyl halides is 2. The van der Waals surface area contributed by atoms with Gasteiger partial charge in [-0.05, 0) is 43.0 Å². The first kappa shape index (κ1) is 21.2. The molecule has 1 aliphatic heterocycles. The van der Waals surface area contributed by atoms with E-state index in [4.69, 9.17) is 5.41 Å². The maximum absolute atomic E-state index is 14.0. The van der Waals surface area contributed by atoms with Gasteiger partial charge in [-0.3, -0.25) is 0 Å². The van der Waals surface area contributed by atoms with Crippen molar-refractivity contribution in [2.45, 2.75) is 39.5 Å². The van der Waals surface area contributed by atoms with Gasteiger partial charge in [-0.2, -0.15) is 0 Å². The fraction of sp³-hybridized carbons (Fsp3) is 0.435. The fourth-order valence-corrected chi connectivity index (χ4v) is 4.30. The zero-order valence-corrected chi connectivity index (χ0v) is 17.8. The van der Waals surface area contributed by atoms with Crippen LogP contribution >= 0.6 is 0 Å². The summed E-state index contributed by atoms with van der Waals surface area (Å²) in [6, 6.07) is 8.95. The van der Waals surface area contributed by atoms with Crippen LogP contribution in [0.25, 0.3) is 0 Å². The molecule has 2 fully saturated rings. The number of nitrogens with zero attached hydrogens (tertiary/aromatic N) is 2. The lowest BCUT2D eigenvalue weighted by atomic mass is 9.97. The second-order valence-electron chi connectivity index (χ2n) is 8.95. The van der Waals surface area contributed by atoms with E-state index in [0.29, 0.717) is 29.9 Å². The molecule has 1 saturated carbocycles. The van der Waals surface area contributed by atoms with Crippen LogP contribution in [0.2, 0.25) is 0 Å². The lowest BCUT2D eigenvalue weighted by molar-refractivity contribution is 0.0687. The summed E-state index contributed by atoms with van der Waals surface area (Å²) in [5.74, 6) is -3.79. The standard InChI is InChI=1S/C23H26F2N4O2/c1-13(2)19(26)18-17(29-8-7-22(12-29)11-23(22,24)25)10-16(21(30)31)28-20(18)27-15-6-4-5-14(3)9-15/h4-6,9-10,13,26H,7-8,11-12H2,1-3H3,(H,27,28)(H,30,31). The summed E-state index contributed by atoms with van der Waals surface area (Å²) in [6.45, 7) is 6.21. The summed E-state index contributed by atoms with van der Waals surface area (Å²) in [5.41, 5.74) is 1.71. The third kappa shape index (κ3) is 3.75. The molecule has 0 radical (unpaired) electrons. The van der Waals surface area contributed by atoms with Crippen LogP contribution in [0, 0.1) is 23.7 Å². The van der Waals surface area contributed by atoms with Crippen LogP contribution in [-0.2, 0) is 0 Å². The maximum atomic E-state index is 14.0. The number of aromatic nitrogens is 1. The second-order valence-corrected chi connectivity index (χ2v) is 8.95. The van der Waals surface area contributed by atoms with Gasteiger partial charge in [0.25, 0.3) is 5.92 Å². The molecule has 1 atom stereocenters. The molecule has 4 rings (SSSR count). The van der Waals surface area contributed by atoms with Gasteiger partial charge in [0, 0.05) is 30.9 Å². The number of aromatic carboxylic acids is 1. The quantitative estimate of drug-likeness (QED) is 0.558. The van der Waals surface area contributed by atoms with Crippen LogP contribution in [0.1, 0.15) is 48.3 Å². The first-order chi connectivity index (χ1) is 14.5. The zero-order valence-electron chi connectivity index (χ0n) is 17.8. The highest BCUT2D eigenvalue weighted by atomic mass is 19.3. The van der Waals surface area contributed by atoms with Crippen LogP contribution < -0.4 is 10.2 Å². The molecule has 0 bridgehead atoms. The topological polar surface area (TPSA) is 89.3 Å². The van der Waals surface area contributed by atoms with Crippen LogP contribution in [0.4, 0.5) is 26.0 Å². The van der Waals surface area contributed by atoms with Crippen molar-refractivity contribution in [2.75, 3.05) is 23.3 Å². The van der Waals surface area contributed by atoms with E-state index in [1.807, 2.05) is 45.0 Å². The first-order valence-corrected chi connectivity index (χ1v) is 10.4. The van der Waals surface area contributed by atoms with E-state index in [1.54, 1.807) is 4.90 Å². The van der Waals surface area contributed by atoms with Gasteiger partial charge in [0.05, 0.1) is 16.7 Å². The Morgan fingerprint density at radius 1 is 1.32 bits per heavy atom. The van der Waals surface area contributed by atoms with Crippen LogP contribution in [0.5, 0.6) is 0 Å². The largest absolute Gasteiger partial charge is 0.477 e. The van der Waals surface area contributed by atoms with E-state index in [2.05, 4.69) is 10.3 Å². The molecule has 1 spiro atoms. The number of nitrogens with one attached hydrogen (secondary N) is 2. The first-order valence-electron chi connectivity index (χ1n) is 10.4. The fourth-order valence-electron chi connectivity index (χ4n) is 4.30. The Balaban J connectivity index is 1.83. The Labute approximate surface area is 179 Å². The van der Waals surface area contributed by atoms with Crippen molar-refractivity contribution in [2.24, 2.45) is 11.3 Å². The number of benzene rings is 1. The van der Waals surface area contributed by atoms with Crippen molar-refractivity contribution in [3.63, 3.8) is 0 Å². The second kappa shape index (κ2) is 7.28. The number of anilines is 3. The number of pyridine rings is 1. The highest BCUT2D eigenvalue weighted by Crippen LogP contribution is 2.65. The van der Waals surface area contributed by atoms with Gasteiger partial charge in [0.15, 0.2) is 5.69 Å². The zero-order chi connectivity index (χ0) is 22.6. The van der Waals surface area contributed by atoms with Crippen LogP contribution in [-0.4, -0.2) is 40.8 Å². The minimum absolute atomic E-state index is 0.140. The van der Waals surface area contributed by atoms with Crippen molar-refractivity contribution >= 4 is 28.9 Å². The molecule has 164 valence electrons. The summed E-state index contributed by atoms with van der Waals surface area (Å²) >= 11 is 0. The minimum Gasteiger partial charge on any atom is -0.477 e. The number of carboxylic acids is 1. The molecule has 3 N–H and O–H groups in total. The molecule has 31 heavy (non-hydrogen) atoms. The van der Waals surface area contributed by atoms with Gasteiger partial charge in [-0.1, -0.05) is 26.0 Å². The van der Waals surface area contributed by atoms with Gasteiger partial charge >= 0.3 is 5.97 Å². The molecule has 8 heteroatoms. The van der Waals surface area contributed by atoms with E-state index in [0.717, 1.165) is 5.56 Å². The average Bonchev–Trinajstić information content (AvgIpc) is 3.00. The third-order valence-electron chi connectivity index (χ3n) is 6.25. The summed E-state index contributed by atoms with van der Waals surface area (Å²) in [5, 5.41) is 21.5. The molecule has 2 heterocycles. The molecule has 1 aromatic carbocycles. The Morgan fingerprint density at radius 3 is 2.58 bits per heavy atom. The molecular weight excluding hydrogens is 402 g/mol. The summed E-state index contributed by atoms with van der Waals surface area (Å²) < 4.78 is 28.0. The molecule has 2 aromatic rings. The number of aryl methyl sites for hydroxylation is 1. The van der Waals surface area contributed by atoms with E-state index >= 15 is 0 Å². The molecule has 1 aliphatic carbocycles. The Kier molecular flexibility index (Phi) is 4.98. The van der Waals surface area contributed by atoms with Crippen molar-refractivity contribution in [3.05, 3.63) is 47.2 Å². The Morgan fingerprint density at radius 2 is 2.03 bits per heavy atom. The third-order valence-corrected chi connectivity index (χ3v) is 6.25. The van der Waals surface area contributed by atoms with Crippen molar-refractivity contribution < 1.29 is 18.7 Å². The summed E-state index contributed by atoms with van der Waals surface area (Å²) in [7, 11) is 0. The summed E-state index contributed by atoms with van der Waals surface area (Å²) in [6.07, 6.45) is 0.207. The average molecular weight is 428 g/mol. The van der Waals surface area contributed by atoms with E-state index in [9.17, 15) is 18.7 Å². The van der Waals surface area contributed by atoms with E-state index in [-0.39, 0.29) is 36.1 Å². The maximum Gasteiger partial charge on any atom is 0.354 e. The van der Waals surface area contributed by atoms with E-state index in [1.165, 1.54) is 6.07 Å². The number of hydrogen-bond acceptors (Lipinski definition) is 5. The molecular formula is C23H26F2N4O2. The molecule has 1 unspecified atom stereocenters. The Hall–Kier alpha value is -3.03. The van der Waals surface area contributed by atoms with E-state index < -0.39 is 17.3 Å². The predicted molar refractivity (Wildman–Crippen MR) is 116 cm³/mol. The minimum atomic E-state index is -2.68. The number of hydrogen-bond donors (Lipinski definition) is 3. The molecule has 1 aromatic heterocycles. The highest BCUT2D eigenvalue weighted by Gasteiger charge is 2.72. The Bertz CT molecular complexity index is 1070. The van der Waals surface area contributed by atoms with Gasteiger partial charge < -0.3 is 20.7 Å². The van der Waals surface area contributed by atoms with Gasteiger partial charge in [0.1, 0.15) is 5.82 Å². The smallest absolute Gasteiger partial charge is 0.354 e. The lowest BCUT2D eigenvalue weighted by Gasteiger charge is -2.26. The normalized spacial score (nSPS) is 21.5. The van der Waals surface area contributed by atoms with Gasteiger partial charge in [0.2, 0.25) is 0 Å². The SMILES string of the molecule is Cc1cccc(Nc2nc(C(=O)O)cc(N3CCC4(C3)CC4(F)F)c2C(=N)C(C)C)c1. The number of carbonyl (C=O) groups is 1. The molecule has 2 aliphatic rings. The monoisotopic (exact) mass is 428 g/mol. The van der Waals surface area contributed by atoms with Crippen molar-refractivity contribution in [1.82, 2.24) is 4.98 Å². The number of carboxylic acid groups (broad SMARTS) is 1. The van der Waals surface area contributed by atoms with Crippen LogP contribution in [0.3, 0.4) is 0 Å². The van der Waals surface area contributed by atoms with Crippen molar-refractivity contribution in [1.29, 1.82) is 5.41 Å². The molecule has 0 amide bonds. The van der Waals surface area contributed by atoms with Crippen molar-refractivity contribution in [3.8, 4) is 0 Å². The molecule has 1 saturated heterocycles. The molecule has 6 nitrogen and oxygen atoms in total. The van der Waals surface area contributed by atoms with Crippen LogP contribution in [0.15, 0.2) is 30.3 Å². The van der Waals surface area contributed by atoms with Gasteiger partial charge in [-0.15, -0.1) is 0 Å².